The molecule has 0 unspecified atom stereocenters. The van der Waals surface area contributed by atoms with Crippen molar-refractivity contribution >= 4 is 23.1 Å². The number of carbonyl (C=O) groups is 1. The first kappa shape index (κ1) is 18.5. The number of benzene rings is 2. The third-order valence-corrected chi connectivity index (χ3v) is 4.11. The van der Waals surface area contributed by atoms with Crippen molar-refractivity contribution in [3.63, 3.8) is 0 Å². The van der Waals surface area contributed by atoms with Crippen LogP contribution in [0.15, 0.2) is 60.8 Å². The molecule has 0 radical (unpaired) electrons. The molecule has 5 nitrogen and oxygen atoms in total. The van der Waals surface area contributed by atoms with E-state index in [9.17, 15) is 4.79 Å². The summed E-state index contributed by atoms with van der Waals surface area (Å²) in [5, 5.41) is 6.12. The zero-order chi connectivity index (χ0) is 19.2. The fraction of sp³-hybridized carbons (Fsp3) is 0.182. The molecular weight excluding hydrogens is 338 g/mol. The van der Waals surface area contributed by atoms with Gasteiger partial charge in [-0.15, -0.1) is 0 Å². The Hall–Kier alpha value is -3.34. The van der Waals surface area contributed by atoms with Gasteiger partial charge in [-0.2, -0.15) is 0 Å². The number of rotatable bonds is 6. The molecule has 1 heterocycles. The summed E-state index contributed by atoms with van der Waals surface area (Å²) in [4.78, 5) is 16.5. The summed E-state index contributed by atoms with van der Waals surface area (Å²) in [6.45, 7) is 4.04. The molecule has 1 amide bonds. The number of pyridine rings is 1. The summed E-state index contributed by atoms with van der Waals surface area (Å²) >= 11 is 0. The molecule has 138 valence electrons. The Bertz CT molecular complexity index is 937. The van der Waals surface area contributed by atoms with Gasteiger partial charge in [0.25, 0.3) is 0 Å². The molecule has 0 aliphatic carbocycles. The summed E-state index contributed by atoms with van der Waals surface area (Å²) in [7, 11) is 1.64. The van der Waals surface area contributed by atoms with Crippen molar-refractivity contribution in [3.8, 4) is 5.75 Å². The minimum atomic E-state index is -0.0887. The highest BCUT2D eigenvalue weighted by molar-refractivity contribution is 5.91. The Balaban J connectivity index is 1.63. The molecule has 2 aromatic carbocycles. The number of anilines is 3. The maximum atomic E-state index is 12.2. The first-order chi connectivity index (χ1) is 13.0. The van der Waals surface area contributed by atoms with E-state index in [1.54, 1.807) is 19.4 Å². The predicted molar refractivity (Wildman–Crippen MR) is 109 cm³/mol. The average Bonchev–Trinajstić information content (AvgIpc) is 2.63. The number of nitrogens with one attached hydrogen (secondary N) is 2. The Labute approximate surface area is 159 Å². The lowest BCUT2D eigenvalue weighted by Crippen LogP contribution is -2.15. The molecule has 0 atom stereocenters. The maximum absolute atomic E-state index is 12.2. The zero-order valence-electron chi connectivity index (χ0n) is 15.7. The van der Waals surface area contributed by atoms with Gasteiger partial charge in [0, 0.05) is 0 Å². The lowest BCUT2D eigenvalue weighted by atomic mass is 10.1. The molecule has 3 aromatic rings. The molecule has 27 heavy (non-hydrogen) atoms. The smallest absolute Gasteiger partial charge is 0.229 e. The summed E-state index contributed by atoms with van der Waals surface area (Å²) in [5.74, 6) is 1.19. The van der Waals surface area contributed by atoms with Gasteiger partial charge in [0.15, 0.2) is 0 Å². The fourth-order valence-electron chi connectivity index (χ4n) is 2.81. The lowest BCUT2D eigenvalue weighted by molar-refractivity contribution is -0.115. The van der Waals surface area contributed by atoms with Gasteiger partial charge in [0.2, 0.25) is 5.91 Å². The number of hydrogen-bond acceptors (Lipinski definition) is 4. The van der Waals surface area contributed by atoms with E-state index in [2.05, 4.69) is 15.6 Å². The van der Waals surface area contributed by atoms with E-state index in [1.807, 2.05) is 62.4 Å². The first-order valence-electron chi connectivity index (χ1n) is 8.76. The number of carbonyl (C=O) groups excluding carboxylic acids is 1. The second kappa shape index (κ2) is 8.36. The first-order valence-corrected chi connectivity index (χ1v) is 8.76. The van der Waals surface area contributed by atoms with Gasteiger partial charge in [-0.05, 0) is 49.2 Å². The quantitative estimate of drug-likeness (QED) is 0.672. The normalized spacial score (nSPS) is 10.3. The van der Waals surface area contributed by atoms with Crippen molar-refractivity contribution in [1.29, 1.82) is 0 Å². The number of hydrogen-bond donors (Lipinski definition) is 2. The molecule has 5 heteroatoms. The van der Waals surface area contributed by atoms with E-state index >= 15 is 0 Å². The van der Waals surface area contributed by atoms with Crippen LogP contribution in [-0.4, -0.2) is 18.0 Å². The minimum absolute atomic E-state index is 0.0887. The van der Waals surface area contributed by atoms with Gasteiger partial charge in [0.05, 0.1) is 31.1 Å². The van der Waals surface area contributed by atoms with Crippen LogP contribution in [0.4, 0.5) is 17.2 Å². The van der Waals surface area contributed by atoms with Crippen molar-refractivity contribution < 1.29 is 9.53 Å². The van der Waals surface area contributed by atoms with Crippen molar-refractivity contribution in [2.75, 3.05) is 17.7 Å². The molecule has 0 aliphatic rings. The monoisotopic (exact) mass is 361 g/mol. The Morgan fingerprint density at radius 2 is 1.85 bits per heavy atom. The zero-order valence-corrected chi connectivity index (χ0v) is 15.7. The second-order valence-corrected chi connectivity index (χ2v) is 6.47. The standard InChI is InChI=1S/C22H23N3O2/c1-15-5-4-6-17(11-15)13-22(26)25-21-10-8-18(14-23-21)24-19-12-16(2)7-9-20(19)27-3/h4-12,14,24H,13H2,1-3H3,(H,23,25,26). The van der Waals surface area contributed by atoms with Crippen LogP contribution < -0.4 is 15.4 Å². The van der Waals surface area contributed by atoms with Gasteiger partial charge in [-0.3, -0.25) is 4.79 Å². The van der Waals surface area contributed by atoms with Gasteiger partial charge in [0.1, 0.15) is 11.6 Å². The highest BCUT2D eigenvalue weighted by Crippen LogP contribution is 2.28. The van der Waals surface area contributed by atoms with Crippen LogP contribution in [0.3, 0.4) is 0 Å². The number of aromatic nitrogens is 1. The Morgan fingerprint density at radius 1 is 1.04 bits per heavy atom. The number of nitrogens with zero attached hydrogens (tertiary/aromatic N) is 1. The van der Waals surface area contributed by atoms with Crippen LogP contribution in [0, 0.1) is 13.8 Å². The molecule has 0 bridgehead atoms. The lowest BCUT2D eigenvalue weighted by Gasteiger charge is -2.12. The van der Waals surface area contributed by atoms with Crippen LogP contribution in [0.2, 0.25) is 0 Å². The molecular formula is C22H23N3O2. The van der Waals surface area contributed by atoms with E-state index in [1.165, 1.54) is 0 Å². The molecule has 0 fully saturated rings. The van der Waals surface area contributed by atoms with E-state index in [0.29, 0.717) is 12.2 Å². The number of amides is 1. The van der Waals surface area contributed by atoms with Crippen LogP contribution in [-0.2, 0) is 11.2 Å². The highest BCUT2D eigenvalue weighted by Gasteiger charge is 2.07. The average molecular weight is 361 g/mol. The third kappa shape index (κ3) is 5.07. The van der Waals surface area contributed by atoms with Crippen molar-refractivity contribution in [1.82, 2.24) is 4.98 Å². The molecule has 3 rings (SSSR count). The summed E-state index contributed by atoms with van der Waals surface area (Å²) in [5.41, 5.74) is 4.94. The Kier molecular flexibility index (Phi) is 5.71. The fourth-order valence-corrected chi connectivity index (χ4v) is 2.81. The van der Waals surface area contributed by atoms with E-state index in [4.69, 9.17) is 4.74 Å². The SMILES string of the molecule is COc1ccc(C)cc1Nc1ccc(NC(=O)Cc2cccc(C)c2)nc1. The van der Waals surface area contributed by atoms with Crippen molar-refractivity contribution in [2.24, 2.45) is 0 Å². The Morgan fingerprint density at radius 3 is 2.56 bits per heavy atom. The third-order valence-electron chi connectivity index (χ3n) is 4.11. The molecule has 0 saturated carbocycles. The summed E-state index contributed by atoms with van der Waals surface area (Å²) in [6.07, 6.45) is 2.01. The molecule has 2 N–H and O–H groups in total. The van der Waals surface area contributed by atoms with Gasteiger partial charge in [-0.1, -0.05) is 35.9 Å². The predicted octanol–water partition coefficient (Wildman–Crippen LogP) is 4.63. The van der Waals surface area contributed by atoms with E-state index in [-0.39, 0.29) is 5.91 Å². The summed E-state index contributed by atoms with van der Waals surface area (Å²) < 4.78 is 5.37. The van der Waals surface area contributed by atoms with Gasteiger partial charge >= 0.3 is 0 Å². The van der Waals surface area contributed by atoms with Crippen molar-refractivity contribution in [2.45, 2.75) is 20.3 Å². The largest absolute Gasteiger partial charge is 0.495 e. The number of ether oxygens (including phenoxy) is 1. The van der Waals surface area contributed by atoms with Crippen LogP contribution in [0.5, 0.6) is 5.75 Å². The summed E-state index contributed by atoms with van der Waals surface area (Å²) in [6, 6.07) is 17.5. The van der Waals surface area contributed by atoms with E-state index < -0.39 is 0 Å². The van der Waals surface area contributed by atoms with E-state index in [0.717, 1.165) is 33.8 Å². The molecule has 0 saturated heterocycles. The van der Waals surface area contributed by atoms with Crippen LogP contribution in [0.1, 0.15) is 16.7 Å². The van der Waals surface area contributed by atoms with Crippen LogP contribution in [0.25, 0.3) is 0 Å². The minimum Gasteiger partial charge on any atom is -0.495 e. The van der Waals surface area contributed by atoms with Crippen molar-refractivity contribution in [3.05, 3.63) is 77.5 Å². The second-order valence-electron chi connectivity index (χ2n) is 6.47. The molecule has 0 spiro atoms. The van der Waals surface area contributed by atoms with Gasteiger partial charge < -0.3 is 15.4 Å². The topological polar surface area (TPSA) is 63.2 Å². The highest BCUT2D eigenvalue weighted by atomic mass is 16.5. The molecule has 1 aromatic heterocycles. The number of aryl methyl sites for hydroxylation is 2. The maximum Gasteiger partial charge on any atom is 0.229 e. The molecule has 0 aliphatic heterocycles. The van der Waals surface area contributed by atoms with Crippen LogP contribution >= 0.6 is 0 Å². The number of methoxy groups -OCH3 is 1. The van der Waals surface area contributed by atoms with Gasteiger partial charge in [-0.25, -0.2) is 4.98 Å².